The lowest BCUT2D eigenvalue weighted by Gasteiger charge is -2.25. The molecule has 216 valence electrons. The summed E-state index contributed by atoms with van der Waals surface area (Å²) in [6, 6.07) is 14.3. The molecular weight excluding hydrogens is 512 g/mol. The van der Waals surface area contributed by atoms with Gasteiger partial charge in [0.1, 0.15) is 0 Å². The summed E-state index contributed by atoms with van der Waals surface area (Å²) in [7, 11) is 3.17. The molecule has 0 aliphatic heterocycles. The Morgan fingerprint density at radius 2 is 1.69 bits per heavy atom. The standard InChI is InChI=1S/C31H46N2O5S/c1-30(2,3)25-12-10-9-11-24(25)15-13-23(20-37-28(34)31(4,5)6)19-33-29(39)32-18-22-14-16-26(38-21-35-7)27(17-22)36-8/h9-12,14,16-17,23H,13,15,18-21H2,1-8H3,(H2,32,33,39). The summed E-state index contributed by atoms with van der Waals surface area (Å²) in [5.74, 6) is 1.14. The molecule has 0 saturated heterocycles. The highest BCUT2D eigenvalue weighted by Crippen LogP contribution is 2.29. The van der Waals surface area contributed by atoms with Crippen molar-refractivity contribution < 1.29 is 23.7 Å². The fraction of sp³-hybridized carbons (Fsp3) is 0.548. The monoisotopic (exact) mass is 558 g/mol. The first kappa shape index (κ1) is 32.4. The second-order valence-electron chi connectivity index (χ2n) is 11.8. The number of carbonyl (C=O) groups is 1. The van der Waals surface area contributed by atoms with E-state index in [0.29, 0.717) is 36.3 Å². The molecule has 0 saturated carbocycles. The summed E-state index contributed by atoms with van der Waals surface area (Å²) in [6.45, 7) is 13.9. The SMILES string of the molecule is COCOc1ccc(CNC(=S)NCC(CCc2ccccc2C(C)(C)C)COC(=O)C(C)(C)C)cc1OC. The van der Waals surface area contributed by atoms with E-state index in [1.165, 1.54) is 11.1 Å². The van der Waals surface area contributed by atoms with Gasteiger partial charge in [0.05, 0.1) is 19.1 Å². The molecular formula is C31H46N2O5S. The molecule has 39 heavy (non-hydrogen) atoms. The van der Waals surface area contributed by atoms with Crippen LogP contribution < -0.4 is 20.1 Å². The smallest absolute Gasteiger partial charge is 0.311 e. The van der Waals surface area contributed by atoms with E-state index in [0.717, 1.165) is 18.4 Å². The molecule has 0 aliphatic rings. The molecule has 2 aromatic carbocycles. The zero-order valence-corrected chi connectivity index (χ0v) is 25.6. The fourth-order valence-electron chi connectivity index (χ4n) is 4.03. The van der Waals surface area contributed by atoms with E-state index in [4.69, 9.17) is 31.2 Å². The summed E-state index contributed by atoms with van der Waals surface area (Å²) < 4.78 is 21.6. The average Bonchev–Trinajstić information content (AvgIpc) is 2.89. The van der Waals surface area contributed by atoms with E-state index in [9.17, 15) is 4.79 Å². The molecule has 0 bridgehead atoms. The largest absolute Gasteiger partial charge is 0.493 e. The Morgan fingerprint density at radius 1 is 0.974 bits per heavy atom. The zero-order chi connectivity index (χ0) is 29.1. The second kappa shape index (κ2) is 15.1. The van der Waals surface area contributed by atoms with Crippen molar-refractivity contribution in [3.63, 3.8) is 0 Å². The minimum atomic E-state index is -0.543. The van der Waals surface area contributed by atoms with Crippen LogP contribution in [0.1, 0.15) is 64.7 Å². The van der Waals surface area contributed by atoms with Gasteiger partial charge in [0, 0.05) is 26.1 Å². The molecule has 2 rings (SSSR count). The molecule has 1 atom stereocenters. The Kier molecular flexibility index (Phi) is 12.5. The lowest BCUT2D eigenvalue weighted by atomic mass is 9.82. The van der Waals surface area contributed by atoms with Gasteiger partial charge in [-0.15, -0.1) is 0 Å². The number of hydrogen-bond donors (Lipinski definition) is 2. The maximum Gasteiger partial charge on any atom is 0.311 e. The van der Waals surface area contributed by atoms with Gasteiger partial charge in [-0.2, -0.15) is 0 Å². The number of esters is 1. The van der Waals surface area contributed by atoms with Crippen LogP contribution in [0.15, 0.2) is 42.5 Å². The normalized spacial score (nSPS) is 12.4. The van der Waals surface area contributed by atoms with Crippen LogP contribution in [0, 0.1) is 11.3 Å². The van der Waals surface area contributed by atoms with E-state index in [1.807, 2.05) is 39.0 Å². The highest BCUT2D eigenvalue weighted by molar-refractivity contribution is 7.80. The lowest BCUT2D eigenvalue weighted by molar-refractivity contribution is -0.154. The maximum absolute atomic E-state index is 12.5. The van der Waals surface area contributed by atoms with Crippen LogP contribution in [0.2, 0.25) is 0 Å². The van der Waals surface area contributed by atoms with Crippen molar-refractivity contribution >= 4 is 23.3 Å². The molecule has 2 N–H and O–H groups in total. The van der Waals surface area contributed by atoms with E-state index in [-0.39, 0.29) is 24.1 Å². The van der Waals surface area contributed by atoms with Gasteiger partial charge in [-0.1, -0.05) is 51.1 Å². The van der Waals surface area contributed by atoms with Crippen LogP contribution in [0.4, 0.5) is 0 Å². The van der Waals surface area contributed by atoms with Gasteiger partial charge in [-0.3, -0.25) is 4.79 Å². The van der Waals surface area contributed by atoms with Gasteiger partial charge in [0.15, 0.2) is 23.4 Å². The summed E-state index contributed by atoms with van der Waals surface area (Å²) in [4.78, 5) is 12.5. The van der Waals surface area contributed by atoms with E-state index in [2.05, 4.69) is 55.7 Å². The first-order valence-electron chi connectivity index (χ1n) is 13.4. The molecule has 7 nitrogen and oxygen atoms in total. The molecule has 0 spiro atoms. The third-order valence-electron chi connectivity index (χ3n) is 6.27. The van der Waals surface area contributed by atoms with Crippen molar-refractivity contribution in [1.82, 2.24) is 10.6 Å². The molecule has 0 amide bonds. The molecule has 0 heterocycles. The van der Waals surface area contributed by atoms with Crippen LogP contribution in [-0.2, 0) is 32.6 Å². The molecule has 0 aromatic heterocycles. The quantitative estimate of drug-likeness (QED) is 0.182. The second-order valence-corrected chi connectivity index (χ2v) is 12.2. The van der Waals surface area contributed by atoms with Gasteiger partial charge in [0.25, 0.3) is 0 Å². The molecule has 0 aliphatic carbocycles. The highest BCUT2D eigenvalue weighted by Gasteiger charge is 2.25. The third kappa shape index (κ3) is 11.0. The topological polar surface area (TPSA) is 78.0 Å². The van der Waals surface area contributed by atoms with Crippen molar-refractivity contribution in [2.45, 2.75) is 66.3 Å². The van der Waals surface area contributed by atoms with E-state index >= 15 is 0 Å². The number of thiocarbonyl (C=S) groups is 1. The Bertz CT molecular complexity index is 1080. The Morgan fingerprint density at radius 3 is 2.33 bits per heavy atom. The zero-order valence-electron chi connectivity index (χ0n) is 24.8. The Hall–Kier alpha value is -2.84. The Labute approximate surface area is 239 Å². The average molecular weight is 559 g/mol. The van der Waals surface area contributed by atoms with Gasteiger partial charge < -0.3 is 29.6 Å². The molecule has 2 aromatic rings. The number of benzene rings is 2. The highest BCUT2D eigenvalue weighted by atomic mass is 32.1. The minimum absolute atomic E-state index is 0.0608. The van der Waals surface area contributed by atoms with Gasteiger partial charge >= 0.3 is 5.97 Å². The molecule has 0 fully saturated rings. The fourth-order valence-corrected chi connectivity index (χ4v) is 4.18. The number of aryl methyl sites for hydroxylation is 1. The number of methoxy groups -OCH3 is 2. The van der Waals surface area contributed by atoms with Crippen LogP contribution in [0.5, 0.6) is 11.5 Å². The van der Waals surface area contributed by atoms with Crippen molar-refractivity contribution in [3.05, 3.63) is 59.2 Å². The van der Waals surface area contributed by atoms with Crippen molar-refractivity contribution in [1.29, 1.82) is 0 Å². The molecule has 0 radical (unpaired) electrons. The van der Waals surface area contributed by atoms with E-state index < -0.39 is 5.41 Å². The number of hydrogen-bond acceptors (Lipinski definition) is 6. The number of carbonyl (C=O) groups excluding carboxylic acids is 1. The minimum Gasteiger partial charge on any atom is -0.493 e. The lowest BCUT2D eigenvalue weighted by Crippen LogP contribution is -2.39. The van der Waals surface area contributed by atoms with Crippen LogP contribution >= 0.6 is 12.2 Å². The summed E-state index contributed by atoms with van der Waals surface area (Å²) >= 11 is 5.56. The molecule has 1 unspecified atom stereocenters. The first-order valence-corrected chi connectivity index (χ1v) is 13.8. The number of nitrogens with one attached hydrogen (secondary N) is 2. The summed E-state index contributed by atoms with van der Waals surface area (Å²) in [5, 5.41) is 7.11. The summed E-state index contributed by atoms with van der Waals surface area (Å²) in [6.07, 6.45) is 1.75. The van der Waals surface area contributed by atoms with Gasteiger partial charge in [0.2, 0.25) is 0 Å². The van der Waals surface area contributed by atoms with Gasteiger partial charge in [-0.05, 0) is 80.1 Å². The van der Waals surface area contributed by atoms with Crippen molar-refractivity contribution in [2.75, 3.05) is 34.2 Å². The maximum atomic E-state index is 12.5. The van der Waals surface area contributed by atoms with Crippen LogP contribution in [0.3, 0.4) is 0 Å². The van der Waals surface area contributed by atoms with Crippen molar-refractivity contribution in [2.24, 2.45) is 11.3 Å². The molecule has 8 heteroatoms. The predicted octanol–water partition coefficient (Wildman–Crippen LogP) is 5.78. The predicted molar refractivity (Wildman–Crippen MR) is 160 cm³/mol. The summed E-state index contributed by atoms with van der Waals surface area (Å²) in [5.41, 5.74) is 3.18. The number of ether oxygens (including phenoxy) is 4. The van der Waals surface area contributed by atoms with Gasteiger partial charge in [-0.25, -0.2) is 0 Å². The third-order valence-corrected chi connectivity index (χ3v) is 6.56. The first-order chi connectivity index (χ1) is 18.3. The van der Waals surface area contributed by atoms with Crippen LogP contribution in [0.25, 0.3) is 0 Å². The van der Waals surface area contributed by atoms with Crippen LogP contribution in [-0.4, -0.2) is 45.2 Å². The Balaban J connectivity index is 1.99. The van der Waals surface area contributed by atoms with Crippen molar-refractivity contribution in [3.8, 4) is 11.5 Å². The number of rotatable bonds is 13. The van der Waals surface area contributed by atoms with E-state index in [1.54, 1.807) is 14.2 Å².